The monoisotopic (exact) mass is 291 g/mol. The maximum atomic E-state index is 11.9. The van der Waals surface area contributed by atoms with Gasteiger partial charge in [0.2, 0.25) is 0 Å². The molecule has 0 aliphatic heterocycles. The van der Waals surface area contributed by atoms with Crippen molar-refractivity contribution >= 4 is 17.6 Å². The highest BCUT2D eigenvalue weighted by molar-refractivity contribution is 6.29. The van der Waals surface area contributed by atoms with Crippen LogP contribution in [0.1, 0.15) is 21.5 Å². The van der Waals surface area contributed by atoms with E-state index >= 15 is 0 Å². The van der Waals surface area contributed by atoms with Crippen molar-refractivity contribution < 1.29 is 14.3 Å². The van der Waals surface area contributed by atoms with Crippen molar-refractivity contribution in [3.8, 4) is 0 Å². The van der Waals surface area contributed by atoms with Crippen molar-refractivity contribution in [2.75, 3.05) is 7.11 Å². The van der Waals surface area contributed by atoms with E-state index in [1.54, 1.807) is 43.6 Å². The normalized spacial score (nSPS) is 10.3. The average molecular weight is 292 g/mol. The fraction of sp³-hybridized carbons (Fsp3) is 0.200. The van der Waals surface area contributed by atoms with E-state index in [0.29, 0.717) is 17.3 Å². The molecule has 2 rings (SSSR count). The Hall–Kier alpha value is -1.91. The van der Waals surface area contributed by atoms with Gasteiger partial charge in [0.05, 0.1) is 12.2 Å². The van der Waals surface area contributed by atoms with Gasteiger partial charge in [-0.2, -0.15) is 0 Å². The van der Waals surface area contributed by atoms with Crippen LogP contribution in [0, 0.1) is 0 Å². The molecule has 0 saturated heterocycles. The molecule has 1 aromatic carbocycles. The topological polar surface area (TPSA) is 48.4 Å². The van der Waals surface area contributed by atoms with Crippen LogP contribution in [-0.4, -0.2) is 18.1 Å². The number of pyridine rings is 1. The number of hydrogen-bond donors (Lipinski definition) is 0. The van der Waals surface area contributed by atoms with E-state index in [2.05, 4.69) is 4.98 Å². The van der Waals surface area contributed by atoms with Crippen LogP contribution in [0.5, 0.6) is 0 Å². The second kappa shape index (κ2) is 7.03. The predicted octanol–water partition coefficient (Wildman–Crippen LogP) is 3.24. The zero-order valence-corrected chi connectivity index (χ0v) is 11.8. The first-order valence-electron chi connectivity index (χ1n) is 6.04. The maximum Gasteiger partial charge on any atom is 0.338 e. The molecule has 4 nitrogen and oxygen atoms in total. The Kier molecular flexibility index (Phi) is 5.09. The first-order valence-corrected chi connectivity index (χ1v) is 6.42. The third-order valence-corrected chi connectivity index (χ3v) is 2.86. The van der Waals surface area contributed by atoms with Crippen LogP contribution in [0.4, 0.5) is 0 Å². The lowest BCUT2D eigenvalue weighted by molar-refractivity contribution is 0.0472. The summed E-state index contributed by atoms with van der Waals surface area (Å²) in [6.45, 7) is 0.625. The molecule has 0 saturated carbocycles. The van der Waals surface area contributed by atoms with Gasteiger partial charge in [0.1, 0.15) is 11.8 Å². The zero-order valence-electron chi connectivity index (χ0n) is 11.0. The number of aromatic nitrogens is 1. The second-order valence-electron chi connectivity index (χ2n) is 4.20. The molecular weight excluding hydrogens is 278 g/mol. The number of nitrogens with zero attached hydrogens (tertiary/aromatic N) is 1. The number of methoxy groups -OCH3 is 1. The number of halogens is 1. The van der Waals surface area contributed by atoms with Gasteiger partial charge in [-0.25, -0.2) is 9.78 Å². The van der Waals surface area contributed by atoms with E-state index in [9.17, 15) is 4.79 Å². The van der Waals surface area contributed by atoms with Crippen molar-refractivity contribution in [3.63, 3.8) is 0 Å². The van der Waals surface area contributed by atoms with Crippen molar-refractivity contribution in [3.05, 3.63) is 64.4 Å². The summed E-state index contributed by atoms with van der Waals surface area (Å²) in [7, 11) is 1.61. The first kappa shape index (κ1) is 14.5. The highest BCUT2D eigenvalue weighted by Gasteiger charge is 2.08. The van der Waals surface area contributed by atoms with Crippen LogP contribution >= 0.6 is 11.6 Å². The van der Waals surface area contributed by atoms with E-state index < -0.39 is 0 Å². The number of esters is 1. The lowest BCUT2D eigenvalue weighted by Gasteiger charge is -2.06. The van der Waals surface area contributed by atoms with E-state index in [1.807, 2.05) is 6.07 Å². The third kappa shape index (κ3) is 4.05. The number of ether oxygens (including phenoxy) is 2. The molecule has 0 amide bonds. The first-order chi connectivity index (χ1) is 9.69. The van der Waals surface area contributed by atoms with Crippen LogP contribution in [-0.2, 0) is 22.7 Å². The Morgan fingerprint density at radius 1 is 1.20 bits per heavy atom. The molecule has 2 aromatic rings. The van der Waals surface area contributed by atoms with E-state index in [0.717, 1.165) is 11.1 Å². The number of rotatable bonds is 5. The SMILES string of the molecule is COCc1cccc(C(=O)OCc2ccc(Cl)nc2)c1. The third-order valence-electron chi connectivity index (χ3n) is 2.63. The lowest BCUT2D eigenvalue weighted by atomic mass is 10.1. The second-order valence-corrected chi connectivity index (χ2v) is 4.59. The molecule has 0 radical (unpaired) electrons. The molecule has 104 valence electrons. The number of carbonyl (C=O) groups is 1. The summed E-state index contributed by atoms with van der Waals surface area (Å²) in [6.07, 6.45) is 1.58. The van der Waals surface area contributed by atoms with Crippen molar-refractivity contribution in [1.82, 2.24) is 4.98 Å². The number of hydrogen-bond acceptors (Lipinski definition) is 4. The summed E-state index contributed by atoms with van der Waals surface area (Å²) >= 11 is 5.69. The molecule has 1 heterocycles. The van der Waals surface area contributed by atoms with Gasteiger partial charge >= 0.3 is 5.97 Å². The summed E-state index contributed by atoms with van der Waals surface area (Å²) in [4.78, 5) is 15.9. The smallest absolute Gasteiger partial charge is 0.338 e. The molecule has 5 heteroatoms. The largest absolute Gasteiger partial charge is 0.457 e. The van der Waals surface area contributed by atoms with Crippen LogP contribution in [0.3, 0.4) is 0 Å². The molecule has 0 atom stereocenters. The van der Waals surface area contributed by atoms with E-state index in [-0.39, 0.29) is 12.6 Å². The minimum absolute atomic E-state index is 0.164. The van der Waals surface area contributed by atoms with Crippen LogP contribution in [0.2, 0.25) is 5.15 Å². The minimum atomic E-state index is -0.377. The summed E-state index contributed by atoms with van der Waals surface area (Å²) in [5, 5.41) is 0.410. The standard InChI is InChI=1S/C15H14ClNO3/c1-19-9-11-3-2-4-13(7-11)15(18)20-10-12-5-6-14(16)17-8-12/h2-8H,9-10H2,1H3. The van der Waals surface area contributed by atoms with Gasteiger partial charge in [-0.15, -0.1) is 0 Å². The molecule has 0 N–H and O–H groups in total. The van der Waals surface area contributed by atoms with Crippen molar-refractivity contribution in [1.29, 1.82) is 0 Å². The Bertz CT molecular complexity index is 584. The van der Waals surface area contributed by atoms with Gasteiger partial charge in [-0.05, 0) is 23.8 Å². The number of benzene rings is 1. The average Bonchev–Trinajstić information content (AvgIpc) is 2.47. The molecule has 0 bridgehead atoms. The molecule has 0 spiro atoms. The van der Waals surface area contributed by atoms with Crippen LogP contribution < -0.4 is 0 Å². The van der Waals surface area contributed by atoms with Gasteiger partial charge in [-0.3, -0.25) is 0 Å². The molecule has 0 aliphatic carbocycles. The highest BCUT2D eigenvalue weighted by atomic mass is 35.5. The van der Waals surface area contributed by atoms with Crippen LogP contribution in [0.25, 0.3) is 0 Å². The fourth-order valence-electron chi connectivity index (χ4n) is 1.68. The summed E-state index contributed by atoms with van der Waals surface area (Å²) in [6, 6.07) is 10.6. The molecule has 0 fully saturated rings. The van der Waals surface area contributed by atoms with Gasteiger partial charge in [0.15, 0.2) is 0 Å². The Labute approximate surface area is 122 Å². The van der Waals surface area contributed by atoms with Crippen molar-refractivity contribution in [2.24, 2.45) is 0 Å². The molecule has 0 aliphatic rings. The summed E-state index contributed by atoms with van der Waals surface area (Å²) in [5.74, 6) is -0.377. The quantitative estimate of drug-likeness (QED) is 0.627. The minimum Gasteiger partial charge on any atom is -0.457 e. The summed E-state index contributed by atoms with van der Waals surface area (Å²) in [5.41, 5.74) is 2.22. The Morgan fingerprint density at radius 3 is 2.75 bits per heavy atom. The molecular formula is C15H14ClNO3. The predicted molar refractivity (Wildman–Crippen MR) is 75.5 cm³/mol. The van der Waals surface area contributed by atoms with Gasteiger partial charge in [0, 0.05) is 18.9 Å². The van der Waals surface area contributed by atoms with Gasteiger partial charge in [0.25, 0.3) is 0 Å². The molecule has 0 unspecified atom stereocenters. The fourth-order valence-corrected chi connectivity index (χ4v) is 1.79. The Balaban J connectivity index is 1.97. The van der Waals surface area contributed by atoms with Crippen LogP contribution in [0.15, 0.2) is 42.6 Å². The lowest BCUT2D eigenvalue weighted by Crippen LogP contribution is -2.06. The number of carbonyl (C=O) groups excluding carboxylic acids is 1. The Morgan fingerprint density at radius 2 is 2.05 bits per heavy atom. The van der Waals surface area contributed by atoms with Crippen molar-refractivity contribution in [2.45, 2.75) is 13.2 Å². The van der Waals surface area contributed by atoms with Gasteiger partial charge in [-0.1, -0.05) is 29.8 Å². The maximum absolute atomic E-state index is 11.9. The zero-order chi connectivity index (χ0) is 14.4. The summed E-state index contributed by atoms with van der Waals surface area (Å²) < 4.78 is 10.3. The molecule has 20 heavy (non-hydrogen) atoms. The molecule has 1 aromatic heterocycles. The van der Waals surface area contributed by atoms with Gasteiger partial charge < -0.3 is 9.47 Å². The van der Waals surface area contributed by atoms with E-state index in [1.165, 1.54) is 0 Å². The van der Waals surface area contributed by atoms with E-state index in [4.69, 9.17) is 21.1 Å². The highest BCUT2D eigenvalue weighted by Crippen LogP contribution is 2.10.